The van der Waals surface area contributed by atoms with Crippen molar-refractivity contribution in [1.29, 1.82) is 0 Å². The molecule has 1 aliphatic heterocycles. The Morgan fingerprint density at radius 2 is 2.08 bits per heavy atom. The second-order valence-electron chi connectivity index (χ2n) is 3.05. The topological polar surface area (TPSA) is 19.0 Å². The van der Waals surface area contributed by atoms with Crippen LogP contribution in [0.4, 0.5) is 0 Å². The molecule has 12 heavy (non-hydrogen) atoms. The molecule has 4 nitrogen and oxygen atoms in total. The van der Waals surface area contributed by atoms with Gasteiger partial charge >= 0.3 is 0 Å². The first kappa shape index (κ1) is 9.35. The van der Waals surface area contributed by atoms with Crippen molar-refractivity contribution in [3.8, 4) is 0 Å². The maximum atomic E-state index is 5.41. The van der Waals surface area contributed by atoms with Gasteiger partial charge in [0.05, 0.1) is 6.61 Å². The van der Waals surface area contributed by atoms with Crippen molar-refractivity contribution in [3.05, 3.63) is 12.4 Å². The molecule has 0 radical (unpaired) electrons. The molecule has 0 aromatic rings. The Kier molecular flexibility index (Phi) is 2.94. The van der Waals surface area contributed by atoms with Crippen molar-refractivity contribution in [1.82, 2.24) is 14.9 Å². The molecular weight excluding hydrogens is 154 g/mol. The minimum atomic E-state index is 0.185. The monoisotopic (exact) mass is 171 g/mol. The molecule has 1 aliphatic rings. The van der Waals surface area contributed by atoms with Crippen LogP contribution in [0.1, 0.15) is 6.92 Å². The summed E-state index contributed by atoms with van der Waals surface area (Å²) in [6.07, 6.45) is 4.12. The number of nitrogens with zero attached hydrogens (tertiary/aromatic N) is 3. The fraction of sp³-hybridized carbons (Fsp3) is 0.750. The molecule has 0 amide bonds. The fourth-order valence-corrected chi connectivity index (χ4v) is 1.35. The Morgan fingerprint density at radius 3 is 2.58 bits per heavy atom. The summed E-state index contributed by atoms with van der Waals surface area (Å²) < 4.78 is 0. The van der Waals surface area contributed by atoms with Gasteiger partial charge in [0.15, 0.2) is 6.29 Å². The van der Waals surface area contributed by atoms with E-state index in [9.17, 15) is 0 Å². The fourth-order valence-electron chi connectivity index (χ4n) is 1.35. The molecule has 0 N–H and O–H groups in total. The molecule has 0 bridgehead atoms. The lowest BCUT2D eigenvalue weighted by Crippen LogP contribution is -2.47. The molecule has 1 heterocycles. The van der Waals surface area contributed by atoms with Gasteiger partial charge in [-0.3, -0.25) is 9.74 Å². The van der Waals surface area contributed by atoms with Gasteiger partial charge in [-0.25, -0.2) is 5.06 Å². The van der Waals surface area contributed by atoms with Gasteiger partial charge in [0.1, 0.15) is 0 Å². The Bertz CT molecular complexity index is 170. The molecule has 4 heteroatoms. The van der Waals surface area contributed by atoms with Gasteiger partial charge in [-0.15, -0.1) is 0 Å². The standard InChI is InChI=1S/C8H17N3O/c1-5-12-11-7-6-10(4)8(11)9(2)3/h6-8H,5H2,1-4H3. The molecule has 70 valence electrons. The summed E-state index contributed by atoms with van der Waals surface area (Å²) in [5.41, 5.74) is 0. The Labute approximate surface area is 73.9 Å². The largest absolute Gasteiger partial charge is 0.345 e. The van der Waals surface area contributed by atoms with Crippen LogP contribution in [0.3, 0.4) is 0 Å². The van der Waals surface area contributed by atoms with Crippen molar-refractivity contribution >= 4 is 0 Å². The van der Waals surface area contributed by atoms with E-state index in [1.165, 1.54) is 0 Å². The molecule has 0 saturated carbocycles. The van der Waals surface area contributed by atoms with Gasteiger partial charge in [0.25, 0.3) is 0 Å². The van der Waals surface area contributed by atoms with Gasteiger partial charge in [0.2, 0.25) is 0 Å². The second kappa shape index (κ2) is 3.78. The number of hydrogen-bond donors (Lipinski definition) is 0. The van der Waals surface area contributed by atoms with Crippen LogP contribution in [-0.4, -0.2) is 48.9 Å². The molecule has 0 aromatic carbocycles. The summed E-state index contributed by atoms with van der Waals surface area (Å²) >= 11 is 0. The first-order chi connectivity index (χ1) is 5.66. The predicted octanol–water partition coefficient (Wildman–Crippen LogP) is 0.502. The van der Waals surface area contributed by atoms with Crippen LogP contribution in [0.25, 0.3) is 0 Å². The molecule has 1 unspecified atom stereocenters. The van der Waals surface area contributed by atoms with Crippen LogP contribution < -0.4 is 0 Å². The summed E-state index contributed by atoms with van der Waals surface area (Å²) in [5, 5.41) is 1.85. The van der Waals surface area contributed by atoms with Gasteiger partial charge in [-0.1, -0.05) is 0 Å². The van der Waals surface area contributed by atoms with Crippen molar-refractivity contribution in [2.45, 2.75) is 13.2 Å². The minimum absolute atomic E-state index is 0.185. The van der Waals surface area contributed by atoms with Crippen molar-refractivity contribution in [2.75, 3.05) is 27.7 Å². The highest BCUT2D eigenvalue weighted by atomic mass is 16.7. The third-order valence-electron chi connectivity index (χ3n) is 1.78. The lowest BCUT2D eigenvalue weighted by Gasteiger charge is -2.33. The van der Waals surface area contributed by atoms with E-state index in [0.29, 0.717) is 6.61 Å². The van der Waals surface area contributed by atoms with Crippen LogP contribution in [0.5, 0.6) is 0 Å². The van der Waals surface area contributed by atoms with E-state index in [-0.39, 0.29) is 6.29 Å². The van der Waals surface area contributed by atoms with Crippen LogP contribution in [-0.2, 0) is 4.84 Å². The maximum Gasteiger partial charge on any atom is 0.183 e. The van der Waals surface area contributed by atoms with Crippen molar-refractivity contribution in [2.24, 2.45) is 0 Å². The molecule has 1 atom stereocenters. The van der Waals surface area contributed by atoms with E-state index in [4.69, 9.17) is 4.84 Å². The first-order valence-corrected chi connectivity index (χ1v) is 4.14. The zero-order chi connectivity index (χ0) is 9.14. The first-order valence-electron chi connectivity index (χ1n) is 4.14. The normalized spacial score (nSPS) is 22.9. The van der Waals surface area contributed by atoms with Crippen LogP contribution in [0.15, 0.2) is 12.4 Å². The Hall–Kier alpha value is -0.740. The molecule has 1 rings (SSSR count). The summed E-state index contributed by atoms with van der Waals surface area (Å²) in [4.78, 5) is 9.60. The highest BCUT2D eigenvalue weighted by Crippen LogP contribution is 2.15. The SMILES string of the molecule is CCON1C=CN(C)C1N(C)C. The van der Waals surface area contributed by atoms with Crippen LogP contribution in [0, 0.1) is 0 Å². The number of rotatable bonds is 3. The van der Waals surface area contributed by atoms with E-state index in [1.54, 1.807) is 0 Å². The van der Waals surface area contributed by atoms with Crippen LogP contribution >= 0.6 is 0 Å². The second-order valence-corrected chi connectivity index (χ2v) is 3.05. The minimum Gasteiger partial charge on any atom is -0.345 e. The smallest absolute Gasteiger partial charge is 0.183 e. The molecule has 0 spiro atoms. The number of hydroxylamine groups is 2. The van der Waals surface area contributed by atoms with E-state index in [1.807, 2.05) is 45.5 Å². The van der Waals surface area contributed by atoms with Crippen LogP contribution in [0.2, 0.25) is 0 Å². The third-order valence-corrected chi connectivity index (χ3v) is 1.78. The zero-order valence-electron chi connectivity index (χ0n) is 8.19. The average molecular weight is 171 g/mol. The van der Waals surface area contributed by atoms with E-state index in [2.05, 4.69) is 9.80 Å². The summed E-state index contributed by atoms with van der Waals surface area (Å²) in [7, 11) is 6.08. The van der Waals surface area contributed by atoms with Crippen molar-refractivity contribution < 1.29 is 4.84 Å². The lowest BCUT2D eigenvalue weighted by molar-refractivity contribution is -0.192. The molecule has 0 saturated heterocycles. The Morgan fingerprint density at radius 1 is 1.42 bits per heavy atom. The third kappa shape index (κ3) is 1.70. The van der Waals surface area contributed by atoms with Gasteiger partial charge in [-0.05, 0) is 21.0 Å². The lowest BCUT2D eigenvalue weighted by atomic mass is 10.6. The predicted molar refractivity (Wildman–Crippen MR) is 47.8 cm³/mol. The van der Waals surface area contributed by atoms with Gasteiger partial charge in [0, 0.05) is 19.4 Å². The molecule has 0 aromatic heterocycles. The summed E-state index contributed by atoms with van der Waals surface area (Å²) in [5.74, 6) is 0. The maximum absolute atomic E-state index is 5.41. The average Bonchev–Trinajstić information content (AvgIpc) is 2.32. The van der Waals surface area contributed by atoms with E-state index < -0.39 is 0 Å². The Balaban J connectivity index is 2.56. The summed E-state index contributed by atoms with van der Waals surface area (Å²) in [6, 6.07) is 0. The highest BCUT2D eigenvalue weighted by Gasteiger charge is 2.25. The summed E-state index contributed by atoms with van der Waals surface area (Å²) in [6.45, 7) is 2.68. The van der Waals surface area contributed by atoms with Crippen molar-refractivity contribution in [3.63, 3.8) is 0 Å². The quantitative estimate of drug-likeness (QED) is 0.615. The molecule has 0 fully saturated rings. The zero-order valence-corrected chi connectivity index (χ0v) is 8.19. The van der Waals surface area contributed by atoms with E-state index >= 15 is 0 Å². The van der Waals surface area contributed by atoms with E-state index in [0.717, 1.165) is 0 Å². The number of hydrogen-bond acceptors (Lipinski definition) is 4. The molecule has 0 aliphatic carbocycles. The van der Waals surface area contributed by atoms with Gasteiger partial charge in [-0.2, -0.15) is 0 Å². The highest BCUT2D eigenvalue weighted by molar-refractivity contribution is 4.90. The van der Waals surface area contributed by atoms with Gasteiger partial charge < -0.3 is 4.90 Å². The molecular formula is C8H17N3O.